The minimum Gasteiger partial charge on any atom is -0.508 e. The Kier molecular flexibility index (Phi) is 7.16. The fourth-order valence-electron chi connectivity index (χ4n) is 3.94. The number of hydrogen-bond donors (Lipinski definition) is 5. The van der Waals surface area contributed by atoms with Gasteiger partial charge in [-0.05, 0) is 29.8 Å². The minimum atomic E-state index is -0.587. The molecule has 0 unspecified atom stereocenters. The van der Waals surface area contributed by atoms with Crippen molar-refractivity contribution in [1.82, 2.24) is 20.6 Å². The van der Waals surface area contributed by atoms with E-state index in [4.69, 9.17) is 4.74 Å². The number of carbonyl (C=O) groups excluding carboxylic acids is 1. The van der Waals surface area contributed by atoms with Crippen LogP contribution in [0.4, 0.5) is 15.5 Å². The van der Waals surface area contributed by atoms with Crippen LogP contribution >= 0.6 is 11.3 Å². The molecule has 13 heteroatoms. The summed E-state index contributed by atoms with van der Waals surface area (Å²) in [5.74, 6) is 0.251. The Morgan fingerprint density at radius 3 is 2.68 bits per heavy atom. The number of phenolic OH excluding ortho intramolecular Hbond substituents is 2. The quantitative estimate of drug-likeness (QED) is 0.186. The number of nitrogens with one attached hydrogen (secondary N) is 3. The van der Waals surface area contributed by atoms with E-state index in [0.717, 1.165) is 21.0 Å². The first-order valence-corrected chi connectivity index (χ1v) is 12.3. The van der Waals surface area contributed by atoms with Gasteiger partial charge in [0, 0.05) is 36.0 Å². The number of amides is 2. The molecular weight excluding hydrogens is 508 g/mol. The average molecular weight is 531 g/mol. The van der Waals surface area contributed by atoms with Crippen molar-refractivity contribution in [2.24, 2.45) is 5.10 Å². The second kappa shape index (κ2) is 11.0. The monoisotopic (exact) mass is 530 g/mol. The lowest BCUT2D eigenvalue weighted by Gasteiger charge is -2.27. The van der Waals surface area contributed by atoms with E-state index in [1.54, 1.807) is 12.1 Å². The molecule has 2 amide bonds. The van der Waals surface area contributed by atoms with Crippen LogP contribution in [0.5, 0.6) is 11.5 Å². The van der Waals surface area contributed by atoms with Crippen LogP contribution in [0.3, 0.4) is 0 Å². The van der Waals surface area contributed by atoms with Crippen molar-refractivity contribution in [2.75, 3.05) is 36.5 Å². The van der Waals surface area contributed by atoms with Gasteiger partial charge in [0.05, 0.1) is 29.9 Å². The first-order chi connectivity index (χ1) is 18.5. The van der Waals surface area contributed by atoms with Crippen molar-refractivity contribution in [2.45, 2.75) is 0 Å². The molecule has 0 bridgehead atoms. The van der Waals surface area contributed by atoms with E-state index in [1.165, 1.54) is 42.1 Å². The summed E-state index contributed by atoms with van der Waals surface area (Å²) >= 11 is 1.47. The number of urea groups is 1. The number of anilines is 2. The highest BCUT2D eigenvalue weighted by Crippen LogP contribution is 2.46. The molecule has 3 heterocycles. The van der Waals surface area contributed by atoms with E-state index in [9.17, 15) is 20.3 Å². The van der Waals surface area contributed by atoms with Crippen LogP contribution in [0.25, 0.3) is 21.8 Å². The van der Waals surface area contributed by atoms with E-state index >= 15 is 0 Å². The molecule has 0 atom stereocenters. The van der Waals surface area contributed by atoms with Gasteiger partial charge in [0.15, 0.2) is 5.82 Å². The first-order valence-electron chi connectivity index (χ1n) is 11.5. The average Bonchev–Trinajstić information content (AvgIpc) is 3.59. The third kappa shape index (κ3) is 5.26. The van der Waals surface area contributed by atoms with E-state index in [-0.39, 0.29) is 11.5 Å². The van der Waals surface area contributed by atoms with Crippen LogP contribution in [-0.4, -0.2) is 63.9 Å². The molecule has 1 saturated heterocycles. The minimum absolute atomic E-state index is 0.0804. The van der Waals surface area contributed by atoms with Gasteiger partial charge in [-0.15, -0.1) is 11.3 Å². The molecule has 4 aromatic rings. The molecule has 5 N–H and O–H groups in total. The lowest BCUT2D eigenvalue weighted by molar-refractivity contribution is 0.123. The Labute approximate surface area is 220 Å². The van der Waals surface area contributed by atoms with E-state index in [0.29, 0.717) is 48.9 Å². The second-order valence-corrected chi connectivity index (χ2v) is 9.16. The SMILES string of the molecule is N#Cc1c(N2CCOCC2)sc(-c2nc[nH]n2)c1-c1ccc(NC(=O)N/N=C/c2ccc(O)cc2O)cc1. The van der Waals surface area contributed by atoms with Gasteiger partial charge >= 0.3 is 6.03 Å². The highest BCUT2D eigenvalue weighted by atomic mass is 32.1. The summed E-state index contributed by atoms with van der Waals surface area (Å²) in [6.45, 7) is 2.57. The molecule has 1 aliphatic heterocycles. The maximum Gasteiger partial charge on any atom is 0.339 e. The number of thiophene rings is 1. The van der Waals surface area contributed by atoms with E-state index in [2.05, 4.69) is 42.0 Å². The molecule has 0 aliphatic carbocycles. The van der Waals surface area contributed by atoms with Gasteiger partial charge in [0.2, 0.25) is 0 Å². The fraction of sp³-hybridized carbons (Fsp3) is 0.160. The summed E-state index contributed by atoms with van der Waals surface area (Å²) in [5.41, 5.74) is 5.22. The lowest BCUT2D eigenvalue weighted by Crippen LogP contribution is -2.36. The van der Waals surface area contributed by atoms with Gasteiger partial charge < -0.3 is 25.2 Å². The van der Waals surface area contributed by atoms with Crippen LogP contribution in [-0.2, 0) is 4.74 Å². The number of aromatic hydroxyl groups is 2. The molecule has 2 aromatic heterocycles. The Morgan fingerprint density at radius 1 is 1.21 bits per heavy atom. The van der Waals surface area contributed by atoms with Crippen molar-refractivity contribution in [1.29, 1.82) is 5.26 Å². The smallest absolute Gasteiger partial charge is 0.339 e. The number of phenols is 2. The highest BCUT2D eigenvalue weighted by Gasteiger charge is 2.26. The van der Waals surface area contributed by atoms with Gasteiger partial charge in [0.1, 0.15) is 28.9 Å². The third-order valence-corrected chi connectivity index (χ3v) is 6.98. The van der Waals surface area contributed by atoms with Gasteiger partial charge in [-0.3, -0.25) is 5.10 Å². The molecule has 1 fully saturated rings. The number of nitrogens with zero attached hydrogens (tertiary/aromatic N) is 5. The number of aromatic nitrogens is 3. The second-order valence-electron chi connectivity index (χ2n) is 8.16. The number of rotatable bonds is 6. The summed E-state index contributed by atoms with van der Waals surface area (Å²) in [6.07, 6.45) is 2.75. The molecule has 2 aromatic carbocycles. The largest absolute Gasteiger partial charge is 0.508 e. The van der Waals surface area contributed by atoms with Crippen molar-refractivity contribution in [3.05, 3.63) is 59.9 Å². The van der Waals surface area contributed by atoms with Gasteiger partial charge in [-0.2, -0.15) is 15.5 Å². The zero-order valence-electron chi connectivity index (χ0n) is 19.9. The highest BCUT2D eigenvalue weighted by molar-refractivity contribution is 7.20. The van der Waals surface area contributed by atoms with Crippen molar-refractivity contribution >= 4 is 34.3 Å². The van der Waals surface area contributed by atoms with Crippen molar-refractivity contribution in [3.63, 3.8) is 0 Å². The number of morpholine rings is 1. The number of hydrogen-bond acceptors (Lipinski definition) is 10. The maximum atomic E-state index is 12.3. The predicted octanol–water partition coefficient (Wildman–Crippen LogP) is 3.48. The number of carbonyl (C=O) groups is 1. The molecule has 1 aliphatic rings. The van der Waals surface area contributed by atoms with Crippen LogP contribution in [0.2, 0.25) is 0 Å². The standard InChI is InChI=1S/C25H22N8O4S/c26-12-19-21(22(23-27-14-29-31-23)38-24(19)33-7-9-37-10-8-33)15-1-4-17(5-2-15)30-25(36)32-28-13-16-3-6-18(34)11-20(16)35/h1-6,11,13-14,34-35H,7-10H2,(H,27,29,31)(H2,30,32,36)/b28-13+. The van der Waals surface area contributed by atoms with Gasteiger partial charge in [-0.1, -0.05) is 12.1 Å². The first kappa shape index (κ1) is 24.8. The van der Waals surface area contributed by atoms with Crippen molar-refractivity contribution in [3.8, 4) is 39.4 Å². The van der Waals surface area contributed by atoms with Crippen LogP contribution in [0.15, 0.2) is 53.9 Å². The molecule has 0 radical (unpaired) electrons. The topological polar surface area (TPSA) is 172 Å². The fourth-order valence-corrected chi connectivity index (χ4v) is 5.21. The predicted molar refractivity (Wildman–Crippen MR) is 142 cm³/mol. The Hall–Kier alpha value is -4.93. The normalized spacial score (nSPS) is 13.4. The molecule has 0 spiro atoms. The summed E-state index contributed by atoms with van der Waals surface area (Å²) in [5, 5.41) is 43.6. The molecule has 0 saturated carbocycles. The van der Waals surface area contributed by atoms with E-state index < -0.39 is 6.03 Å². The van der Waals surface area contributed by atoms with Gasteiger partial charge in [-0.25, -0.2) is 15.2 Å². The van der Waals surface area contributed by atoms with Gasteiger partial charge in [0.25, 0.3) is 0 Å². The summed E-state index contributed by atoms with van der Waals surface area (Å²) in [6, 6.07) is 12.9. The maximum absolute atomic E-state index is 12.3. The summed E-state index contributed by atoms with van der Waals surface area (Å²) in [4.78, 5) is 19.5. The Morgan fingerprint density at radius 2 is 2.00 bits per heavy atom. The molecule has 5 rings (SSSR count). The zero-order valence-corrected chi connectivity index (χ0v) is 20.7. The number of ether oxygens (including phenoxy) is 1. The van der Waals surface area contributed by atoms with Crippen molar-refractivity contribution < 1.29 is 19.7 Å². The molecule has 192 valence electrons. The number of benzene rings is 2. The van der Waals surface area contributed by atoms with Crippen LogP contribution in [0, 0.1) is 11.3 Å². The number of H-pyrrole nitrogens is 1. The van der Waals surface area contributed by atoms with Crippen LogP contribution < -0.4 is 15.6 Å². The lowest BCUT2D eigenvalue weighted by atomic mass is 10.0. The number of nitriles is 1. The number of hydrazone groups is 1. The molecular formula is C25H22N8O4S. The summed E-state index contributed by atoms with van der Waals surface area (Å²) < 4.78 is 5.47. The molecule has 12 nitrogen and oxygen atoms in total. The van der Waals surface area contributed by atoms with Crippen LogP contribution in [0.1, 0.15) is 11.1 Å². The summed E-state index contributed by atoms with van der Waals surface area (Å²) in [7, 11) is 0. The number of aromatic amines is 1. The Bertz CT molecular complexity index is 1500. The van der Waals surface area contributed by atoms with E-state index in [1.807, 2.05) is 12.1 Å². The Balaban J connectivity index is 1.35. The zero-order chi connectivity index (χ0) is 26.5. The third-order valence-electron chi connectivity index (χ3n) is 5.73. The molecule has 38 heavy (non-hydrogen) atoms.